The molecule has 1 aromatic rings. The van der Waals surface area contributed by atoms with Crippen LogP contribution in [0.3, 0.4) is 0 Å². The number of rotatable bonds is 8. The molecule has 0 aromatic heterocycles. The summed E-state index contributed by atoms with van der Waals surface area (Å²) in [6.07, 6.45) is 2.47. The Morgan fingerprint density at radius 3 is 2.65 bits per heavy atom. The lowest BCUT2D eigenvalue weighted by molar-refractivity contribution is -0.143. The summed E-state index contributed by atoms with van der Waals surface area (Å²) in [4.78, 5) is 23.1. The number of benzene rings is 1. The molecule has 0 radical (unpaired) electrons. The Morgan fingerprint density at radius 2 is 2.08 bits per heavy atom. The van der Waals surface area contributed by atoms with Crippen LogP contribution in [0.25, 0.3) is 0 Å². The molecule has 0 bridgehead atoms. The van der Waals surface area contributed by atoms with Gasteiger partial charge in [-0.05, 0) is 32.3 Å². The first-order chi connectivity index (χ1) is 12.3. The van der Waals surface area contributed by atoms with E-state index in [9.17, 15) is 19.8 Å². The van der Waals surface area contributed by atoms with Gasteiger partial charge in [-0.15, -0.1) is 0 Å². The van der Waals surface area contributed by atoms with Crippen LogP contribution in [0.4, 0.5) is 0 Å². The number of phenols is 1. The standard InChI is InChI=1S/C19H24O7/c1-10(7-12(8-24-3)18(21)22)5-6-13-16(20)15-14(9-26-19(15)23)11(2)17(13)25-4/h5,12,20H,6-9H2,1-4H3,(H,21,22)/b10-5+. The largest absolute Gasteiger partial charge is 0.507 e. The van der Waals surface area contributed by atoms with Crippen molar-refractivity contribution in [3.63, 3.8) is 0 Å². The number of methoxy groups -OCH3 is 2. The van der Waals surface area contributed by atoms with Gasteiger partial charge in [0, 0.05) is 18.2 Å². The molecule has 26 heavy (non-hydrogen) atoms. The maximum atomic E-state index is 11.9. The Kier molecular flexibility index (Phi) is 6.26. The molecule has 0 aliphatic carbocycles. The number of aliphatic carboxylic acids is 1. The van der Waals surface area contributed by atoms with Crippen molar-refractivity contribution in [1.29, 1.82) is 0 Å². The third kappa shape index (κ3) is 3.83. The lowest BCUT2D eigenvalue weighted by Crippen LogP contribution is -2.19. The molecule has 7 nitrogen and oxygen atoms in total. The predicted octanol–water partition coefficient (Wildman–Crippen LogP) is 2.61. The first-order valence-corrected chi connectivity index (χ1v) is 8.27. The van der Waals surface area contributed by atoms with Crippen LogP contribution in [-0.2, 0) is 27.3 Å². The maximum Gasteiger partial charge on any atom is 0.342 e. The van der Waals surface area contributed by atoms with Gasteiger partial charge in [-0.25, -0.2) is 4.79 Å². The van der Waals surface area contributed by atoms with Gasteiger partial charge in [-0.1, -0.05) is 11.6 Å². The quantitative estimate of drug-likeness (QED) is 0.540. The monoisotopic (exact) mass is 364 g/mol. The fraction of sp³-hybridized carbons (Fsp3) is 0.474. The molecule has 0 saturated carbocycles. The molecular weight excluding hydrogens is 340 g/mol. The van der Waals surface area contributed by atoms with Gasteiger partial charge in [0.1, 0.15) is 23.7 Å². The lowest BCUT2D eigenvalue weighted by atomic mass is 9.94. The summed E-state index contributed by atoms with van der Waals surface area (Å²) in [6.45, 7) is 3.89. The van der Waals surface area contributed by atoms with E-state index in [-0.39, 0.29) is 24.5 Å². The molecule has 0 spiro atoms. The van der Waals surface area contributed by atoms with Gasteiger partial charge in [0.05, 0.1) is 19.6 Å². The van der Waals surface area contributed by atoms with E-state index < -0.39 is 17.9 Å². The third-order valence-electron chi connectivity index (χ3n) is 4.59. The molecule has 0 fully saturated rings. The zero-order valence-corrected chi connectivity index (χ0v) is 15.4. The van der Waals surface area contributed by atoms with E-state index in [1.165, 1.54) is 14.2 Å². The van der Waals surface area contributed by atoms with E-state index in [1.54, 1.807) is 0 Å². The van der Waals surface area contributed by atoms with Crippen molar-refractivity contribution in [3.8, 4) is 11.5 Å². The van der Waals surface area contributed by atoms with Crippen LogP contribution >= 0.6 is 0 Å². The third-order valence-corrected chi connectivity index (χ3v) is 4.59. The van der Waals surface area contributed by atoms with Gasteiger partial charge in [0.2, 0.25) is 0 Å². The fourth-order valence-electron chi connectivity index (χ4n) is 3.20. The predicted molar refractivity (Wildman–Crippen MR) is 93.6 cm³/mol. The number of carboxylic acids is 1. The average Bonchev–Trinajstić information content (AvgIpc) is 2.98. The van der Waals surface area contributed by atoms with Crippen molar-refractivity contribution in [2.45, 2.75) is 33.3 Å². The zero-order chi connectivity index (χ0) is 19.4. The molecular formula is C19H24O7. The van der Waals surface area contributed by atoms with Crippen molar-refractivity contribution >= 4 is 11.9 Å². The van der Waals surface area contributed by atoms with Crippen molar-refractivity contribution in [2.75, 3.05) is 20.8 Å². The summed E-state index contributed by atoms with van der Waals surface area (Å²) in [5, 5.41) is 19.8. The first-order valence-electron chi connectivity index (χ1n) is 8.27. The maximum absolute atomic E-state index is 11.9. The Morgan fingerprint density at radius 1 is 1.38 bits per heavy atom. The van der Waals surface area contributed by atoms with Crippen molar-refractivity contribution in [1.82, 2.24) is 0 Å². The highest BCUT2D eigenvalue weighted by Crippen LogP contribution is 2.42. The minimum absolute atomic E-state index is 0.121. The van der Waals surface area contributed by atoms with Gasteiger partial charge in [-0.2, -0.15) is 0 Å². The van der Waals surface area contributed by atoms with Crippen molar-refractivity contribution < 1.29 is 34.0 Å². The highest BCUT2D eigenvalue weighted by Gasteiger charge is 2.31. The number of aromatic hydroxyl groups is 1. The minimum Gasteiger partial charge on any atom is -0.507 e. The molecule has 7 heteroatoms. The summed E-state index contributed by atoms with van der Waals surface area (Å²) < 4.78 is 15.4. The number of esters is 1. The molecule has 1 aromatic carbocycles. The lowest BCUT2D eigenvalue weighted by Gasteiger charge is -2.16. The Labute approximate surface area is 152 Å². The summed E-state index contributed by atoms with van der Waals surface area (Å²) in [6, 6.07) is 0. The molecule has 1 atom stereocenters. The SMILES string of the molecule is COCC(C/C(C)=C/Cc1c(O)c2c(c(C)c1OC)COC2=O)C(=O)O. The smallest absolute Gasteiger partial charge is 0.342 e. The summed E-state index contributed by atoms with van der Waals surface area (Å²) in [7, 11) is 2.97. The molecule has 142 valence electrons. The van der Waals surface area contributed by atoms with Crippen LogP contribution in [0.2, 0.25) is 0 Å². The van der Waals surface area contributed by atoms with E-state index in [1.807, 2.05) is 19.9 Å². The van der Waals surface area contributed by atoms with Crippen LogP contribution in [0, 0.1) is 12.8 Å². The highest BCUT2D eigenvalue weighted by molar-refractivity contribution is 5.98. The van der Waals surface area contributed by atoms with E-state index >= 15 is 0 Å². The second-order valence-corrected chi connectivity index (χ2v) is 6.36. The number of allylic oxidation sites excluding steroid dienone is 2. The number of carbonyl (C=O) groups is 2. The van der Waals surface area contributed by atoms with Crippen LogP contribution in [0.15, 0.2) is 11.6 Å². The van der Waals surface area contributed by atoms with Crippen LogP contribution in [0.1, 0.15) is 40.4 Å². The summed E-state index contributed by atoms with van der Waals surface area (Å²) in [5.74, 6) is -1.73. The van der Waals surface area contributed by atoms with Crippen molar-refractivity contribution in [3.05, 3.63) is 33.9 Å². The van der Waals surface area contributed by atoms with E-state index in [0.29, 0.717) is 29.7 Å². The van der Waals surface area contributed by atoms with E-state index in [4.69, 9.17) is 14.2 Å². The number of fused-ring (bicyclic) bond motifs is 1. The van der Waals surface area contributed by atoms with Gasteiger partial charge in [-0.3, -0.25) is 4.79 Å². The fourth-order valence-corrected chi connectivity index (χ4v) is 3.20. The first kappa shape index (κ1) is 19.8. The van der Waals surface area contributed by atoms with Crippen LogP contribution in [0.5, 0.6) is 11.5 Å². The molecule has 1 unspecified atom stereocenters. The number of cyclic esters (lactones) is 1. The minimum atomic E-state index is -0.920. The molecule has 2 rings (SSSR count). The van der Waals surface area contributed by atoms with Gasteiger partial charge < -0.3 is 24.4 Å². The molecule has 0 saturated heterocycles. The van der Waals surface area contributed by atoms with Gasteiger partial charge >= 0.3 is 11.9 Å². The van der Waals surface area contributed by atoms with E-state index in [0.717, 1.165) is 11.1 Å². The molecule has 1 aliphatic rings. The second-order valence-electron chi connectivity index (χ2n) is 6.36. The Hall–Kier alpha value is -2.54. The summed E-state index contributed by atoms with van der Waals surface area (Å²) >= 11 is 0. The molecule has 2 N–H and O–H groups in total. The molecule has 0 amide bonds. The number of phenolic OH excluding ortho intramolecular Hbond substituents is 1. The average molecular weight is 364 g/mol. The highest BCUT2D eigenvalue weighted by atomic mass is 16.5. The summed E-state index contributed by atoms with van der Waals surface area (Å²) in [5.41, 5.74) is 2.92. The second kappa shape index (κ2) is 8.23. The van der Waals surface area contributed by atoms with Gasteiger partial charge in [0.25, 0.3) is 0 Å². The van der Waals surface area contributed by atoms with Crippen LogP contribution < -0.4 is 4.74 Å². The molecule has 1 heterocycles. The van der Waals surface area contributed by atoms with E-state index in [2.05, 4.69) is 0 Å². The van der Waals surface area contributed by atoms with Gasteiger partial charge in [0.15, 0.2) is 0 Å². The normalized spacial score (nSPS) is 14.8. The topological polar surface area (TPSA) is 102 Å². The van der Waals surface area contributed by atoms with Crippen molar-refractivity contribution in [2.24, 2.45) is 5.92 Å². The Balaban J connectivity index is 2.32. The molecule has 1 aliphatic heterocycles. The number of hydrogen-bond acceptors (Lipinski definition) is 6. The number of hydrogen-bond donors (Lipinski definition) is 2. The zero-order valence-electron chi connectivity index (χ0n) is 15.4. The Bertz CT molecular complexity index is 749. The number of carboxylic acid groups (broad SMARTS) is 1. The van der Waals surface area contributed by atoms with Crippen LogP contribution in [-0.4, -0.2) is 43.0 Å². The number of carbonyl (C=O) groups excluding carboxylic acids is 1. The number of ether oxygens (including phenoxy) is 3.